The maximum absolute atomic E-state index is 9.76. The van der Waals surface area contributed by atoms with Crippen LogP contribution < -0.4 is 0 Å². The van der Waals surface area contributed by atoms with Gasteiger partial charge in [-0.1, -0.05) is 63.8 Å². The second-order valence-electron chi connectivity index (χ2n) is 5.34. The standard InChI is InChI=1S/C17H23NO/c1-3-4-5-6-9-13(2)17-15-11-8-7-10-14(15)12-16(19)18-17/h7-8,10-13H,3-6,9H2,1-2H3,(H,18,19). The number of rotatable bonds is 6. The summed E-state index contributed by atoms with van der Waals surface area (Å²) in [5, 5.41) is 12.0. The molecular weight excluding hydrogens is 234 g/mol. The molecule has 0 spiro atoms. The van der Waals surface area contributed by atoms with E-state index >= 15 is 0 Å². The molecule has 0 radical (unpaired) electrons. The summed E-state index contributed by atoms with van der Waals surface area (Å²) in [6.07, 6.45) is 6.24. The molecular formula is C17H23NO. The van der Waals surface area contributed by atoms with E-state index in [2.05, 4.69) is 24.9 Å². The fourth-order valence-electron chi connectivity index (χ4n) is 2.60. The highest BCUT2D eigenvalue weighted by atomic mass is 16.3. The molecule has 1 heterocycles. The zero-order valence-corrected chi connectivity index (χ0v) is 11.9. The van der Waals surface area contributed by atoms with Crippen molar-refractivity contribution in [1.82, 2.24) is 4.98 Å². The molecule has 2 rings (SSSR count). The predicted octanol–water partition coefficient (Wildman–Crippen LogP) is 5.01. The van der Waals surface area contributed by atoms with Gasteiger partial charge in [-0.25, -0.2) is 4.98 Å². The number of unbranched alkanes of at least 4 members (excludes halogenated alkanes) is 3. The van der Waals surface area contributed by atoms with Gasteiger partial charge in [0.2, 0.25) is 5.88 Å². The highest BCUT2D eigenvalue weighted by Crippen LogP contribution is 2.29. The van der Waals surface area contributed by atoms with Gasteiger partial charge in [0.25, 0.3) is 0 Å². The van der Waals surface area contributed by atoms with E-state index in [-0.39, 0.29) is 5.88 Å². The van der Waals surface area contributed by atoms with Crippen LogP contribution in [0.1, 0.15) is 57.6 Å². The Morgan fingerprint density at radius 1 is 1.16 bits per heavy atom. The van der Waals surface area contributed by atoms with Crippen molar-refractivity contribution in [2.24, 2.45) is 0 Å². The fraction of sp³-hybridized carbons (Fsp3) is 0.471. The quantitative estimate of drug-likeness (QED) is 0.737. The van der Waals surface area contributed by atoms with Gasteiger partial charge in [0.05, 0.1) is 5.69 Å². The van der Waals surface area contributed by atoms with Gasteiger partial charge in [-0.2, -0.15) is 0 Å². The minimum absolute atomic E-state index is 0.133. The predicted molar refractivity (Wildman–Crippen MR) is 80.6 cm³/mol. The fourth-order valence-corrected chi connectivity index (χ4v) is 2.60. The molecule has 0 saturated heterocycles. The van der Waals surface area contributed by atoms with Crippen molar-refractivity contribution in [3.63, 3.8) is 0 Å². The van der Waals surface area contributed by atoms with Crippen LogP contribution in [0.15, 0.2) is 30.3 Å². The normalized spacial score (nSPS) is 12.7. The molecule has 0 bridgehead atoms. The van der Waals surface area contributed by atoms with Crippen molar-refractivity contribution in [2.45, 2.75) is 51.9 Å². The van der Waals surface area contributed by atoms with Gasteiger partial charge in [0, 0.05) is 11.5 Å². The second-order valence-corrected chi connectivity index (χ2v) is 5.34. The Bertz CT molecular complexity index is 536. The van der Waals surface area contributed by atoms with Crippen molar-refractivity contribution in [2.75, 3.05) is 0 Å². The summed E-state index contributed by atoms with van der Waals surface area (Å²) < 4.78 is 0. The average Bonchev–Trinajstić information content (AvgIpc) is 2.42. The lowest BCUT2D eigenvalue weighted by molar-refractivity contribution is 0.449. The summed E-state index contributed by atoms with van der Waals surface area (Å²) in [6.45, 7) is 4.44. The van der Waals surface area contributed by atoms with Crippen LogP contribution in [0.25, 0.3) is 10.8 Å². The third-order valence-corrected chi connectivity index (χ3v) is 3.71. The van der Waals surface area contributed by atoms with E-state index in [9.17, 15) is 5.11 Å². The maximum atomic E-state index is 9.76. The van der Waals surface area contributed by atoms with Crippen LogP contribution in [0, 0.1) is 0 Å². The molecule has 1 N–H and O–H groups in total. The first-order valence-electron chi connectivity index (χ1n) is 7.31. The zero-order chi connectivity index (χ0) is 13.7. The molecule has 0 fully saturated rings. The van der Waals surface area contributed by atoms with E-state index in [0.29, 0.717) is 5.92 Å². The number of aromatic hydroxyl groups is 1. The van der Waals surface area contributed by atoms with E-state index in [4.69, 9.17) is 0 Å². The van der Waals surface area contributed by atoms with Crippen molar-refractivity contribution in [3.05, 3.63) is 36.0 Å². The topological polar surface area (TPSA) is 33.1 Å². The summed E-state index contributed by atoms with van der Waals surface area (Å²) in [7, 11) is 0. The van der Waals surface area contributed by atoms with Crippen LogP contribution in [0.2, 0.25) is 0 Å². The van der Waals surface area contributed by atoms with E-state index in [1.807, 2.05) is 18.2 Å². The molecule has 1 atom stereocenters. The molecule has 0 aliphatic carbocycles. The van der Waals surface area contributed by atoms with E-state index in [1.165, 1.54) is 31.1 Å². The number of benzene rings is 1. The number of hydrogen-bond acceptors (Lipinski definition) is 2. The van der Waals surface area contributed by atoms with Crippen LogP contribution >= 0.6 is 0 Å². The van der Waals surface area contributed by atoms with Gasteiger partial charge in [0.1, 0.15) is 0 Å². The molecule has 2 heteroatoms. The molecule has 0 aliphatic rings. The number of nitrogens with zero attached hydrogens (tertiary/aromatic N) is 1. The van der Waals surface area contributed by atoms with Crippen molar-refractivity contribution in [3.8, 4) is 5.88 Å². The minimum atomic E-state index is 0.133. The maximum Gasteiger partial charge on any atom is 0.211 e. The van der Waals surface area contributed by atoms with Crippen molar-refractivity contribution >= 4 is 10.8 Å². The third-order valence-electron chi connectivity index (χ3n) is 3.71. The molecule has 2 nitrogen and oxygen atoms in total. The summed E-state index contributed by atoms with van der Waals surface area (Å²) in [5.74, 6) is 0.531. The Hall–Kier alpha value is -1.57. The van der Waals surface area contributed by atoms with Crippen LogP contribution in [0.4, 0.5) is 0 Å². The lowest BCUT2D eigenvalue weighted by atomic mass is 9.95. The molecule has 19 heavy (non-hydrogen) atoms. The lowest BCUT2D eigenvalue weighted by Crippen LogP contribution is -1.99. The highest BCUT2D eigenvalue weighted by molar-refractivity contribution is 5.85. The molecule has 1 aromatic heterocycles. The number of fused-ring (bicyclic) bond motifs is 1. The first-order chi connectivity index (χ1) is 9.22. The number of hydrogen-bond donors (Lipinski definition) is 1. The Labute approximate surface area is 115 Å². The van der Waals surface area contributed by atoms with Crippen LogP contribution in [-0.4, -0.2) is 10.1 Å². The van der Waals surface area contributed by atoms with Crippen molar-refractivity contribution < 1.29 is 5.11 Å². The smallest absolute Gasteiger partial charge is 0.211 e. The Balaban J connectivity index is 2.18. The lowest BCUT2D eigenvalue weighted by Gasteiger charge is -2.14. The minimum Gasteiger partial charge on any atom is -0.493 e. The van der Waals surface area contributed by atoms with Gasteiger partial charge >= 0.3 is 0 Å². The first kappa shape index (κ1) is 13.9. The monoisotopic (exact) mass is 257 g/mol. The first-order valence-corrected chi connectivity index (χ1v) is 7.31. The number of aromatic nitrogens is 1. The van der Waals surface area contributed by atoms with Crippen LogP contribution in [-0.2, 0) is 0 Å². The summed E-state index contributed by atoms with van der Waals surface area (Å²) in [6, 6.07) is 9.90. The molecule has 102 valence electrons. The average molecular weight is 257 g/mol. The summed E-state index contributed by atoms with van der Waals surface area (Å²) in [5.41, 5.74) is 1.03. The van der Waals surface area contributed by atoms with Gasteiger partial charge in [-0.05, 0) is 17.7 Å². The molecule has 0 amide bonds. The van der Waals surface area contributed by atoms with Crippen molar-refractivity contribution in [1.29, 1.82) is 0 Å². The highest BCUT2D eigenvalue weighted by Gasteiger charge is 2.12. The van der Waals surface area contributed by atoms with Gasteiger partial charge in [-0.15, -0.1) is 0 Å². The summed E-state index contributed by atoms with van der Waals surface area (Å²) >= 11 is 0. The van der Waals surface area contributed by atoms with E-state index < -0.39 is 0 Å². The third kappa shape index (κ3) is 3.46. The molecule has 0 aliphatic heterocycles. The number of pyridine rings is 1. The zero-order valence-electron chi connectivity index (χ0n) is 11.9. The Morgan fingerprint density at radius 2 is 1.95 bits per heavy atom. The molecule has 1 unspecified atom stereocenters. The van der Waals surface area contributed by atoms with Gasteiger partial charge in [-0.3, -0.25) is 0 Å². The largest absolute Gasteiger partial charge is 0.493 e. The van der Waals surface area contributed by atoms with E-state index in [0.717, 1.165) is 17.5 Å². The van der Waals surface area contributed by atoms with Crippen LogP contribution in [0.3, 0.4) is 0 Å². The second kappa shape index (κ2) is 6.55. The molecule has 1 aromatic carbocycles. The molecule has 0 saturated carbocycles. The van der Waals surface area contributed by atoms with E-state index in [1.54, 1.807) is 6.07 Å². The van der Waals surface area contributed by atoms with Gasteiger partial charge in [0.15, 0.2) is 0 Å². The van der Waals surface area contributed by atoms with Gasteiger partial charge < -0.3 is 5.11 Å². The Morgan fingerprint density at radius 3 is 2.74 bits per heavy atom. The van der Waals surface area contributed by atoms with Crippen LogP contribution in [0.5, 0.6) is 5.88 Å². The molecule has 2 aromatic rings. The summed E-state index contributed by atoms with van der Waals surface area (Å²) in [4.78, 5) is 4.36. The SMILES string of the molecule is CCCCCCC(C)c1nc(O)cc2ccccc12. The Kier molecular flexibility index (Phi) is 4.78.